The summed E-state index contributed by atoms with van der Waals surface area (Å²) in [6.07, 6.45) is 0. The molecule has 0 saturated heterocycles. The van der Waals surface area contributed by atoms with Crippen LogP contribution in [0.4, 0.5) is 35.1 Å². The topological polar surface area (TPSA) is 80.3 Å². The van der Waals surface area contributed by atoms with Gasteiger partial charge in [-0.05, 0) is 0 Å². The predicted molar refractivity (Wildman–Crippen MR) is 61.2 cm³/mol. The van der Waals surface area contributed by atoms with E-state index >= 15 is 0 Å². The third kappa shape index (κ3) is 5.22. The maximum absolute atomic E-state index is 12.5. The van der Waals surface area contributed by atoms with Crippen LogP contribution in [0, 0.1) is 46.5 Å². The summed E-state index contributed by atoms with van der Waals surface area (Å²) in [6.45, 7) is 0. The maximum Gasteiger partial charge on any atom is 2.00 e. The van der Waals surface area contributed by atoms with E-state index in [1.807, 2.05) is 0 Å². The Kier molecular flexibility index (Phi) is 8.51. The van der Waals surface area contributed by atoms with Crippen molar-refractivity contribution in [1.82, 2.24) is 0 Å². The molecule has 0 bridgehead atoms. The Bertz CT molecular complexity index is 778. The minimum atomic E-state index is -2.31. The van der Waals surface area contributed by atoms with E-state index in [9.17, 15) is 54.9 Å². The van der Waals surface area contributed by atoms with E-state index in [4.69, 9.17) is 0 Å². The summed E-state index contributed by atoms with van der Waals surface area (Å²) in [5.74, 6) is -19.6. The SMILES string of the molecule is O=C([O-])c1c(F)c(F)cc(F)c1F.O=C([O-])c1c(F)c(F)cc(F)c1F.[Zn+2]. The Morgan fingerprint density at radius 1 is 0.556 bits per heavy atom. The molecule has 27 heavy (non-hydrogen) atoms. The summed E-state index contributed by atoms with van der Waals surface area (Å²) in [5.41, 5.74) is -3.48. The monoisotopic (exact) mass is 450 g/mol. The molecule has 0 aliphatic heterocycles. The molecule has 0 unspecified atom stereocenters. The van der Waals surface area contributed by atoms with Gasteiger partial charge in [0.2, 0.25) is 0 Å². The van der Waals surface area contributed by atoms with Crippen LogP contribution < -0.4 is 10.2 Å². The van der Waals surface area contributed by atoms with Gasteiger partial charge in [-0.15, -0.1) is 0 Å². The second kappa shape index (κ2) is 9.40. The molecule has 13 heteroatoms. The molecule has 0 fully saturated rings. The minimum absolute atomic E-state index is 0. The minimum Gasteiger partial charge on any atom is -0.545 e. The molecule has 0 heterocycles. The van der Waals surface area contributed by atoms with E-state index in [0.717, 1.165) is 0 Å². The number of hydrogen-bond acceptors (Lipinski definition) is 4. The van der Waals surface area contributed by atoms with Gasteiger partial charge in [-0.1, -0.05) is 0 Å². The van der Waals surface area contributed by atoms with Crippen LogP contribution >= 0.6 is 0 Å². The number of carbonyl (C=O) groups excluding carboxylic acids is 2. The molecule has 2 aromatic rings. The number of aromatic carboxylic acids is 2. The van der Waals surface area contributed by atoms with Crippen molar-refractivity contribution in [1.29, 1.82) is 0 Å². The summed E-state index contributed by atoms with van der Waals surface area (Å²) in [4.78, 5) is 20.0. The van der Waals surface area contributed by atoms with E-state index in [0.29, 0.717) is 0 Å². The number of carboxylic acid groups (broad SMARTS) is 2. The van der Waals surface area contributed by atoms with E-state index < -0.39 is 69.6 Å². The van der Waals surface area contributed by atoms with Crippen LogP contribution in [0.1, 0.15) is 20.7 Å². The van der Waals surface area contributed by atoms with Gasteiger partial charge in [-0.3, -0.25) is 0 Å². The molecule has 2 rings (SSSR count). The van der Waals surface area contributed by atoms with Crippen molar-refractivity contribution in [2.75, 3.05) is 0 Å². The zero-order valence-electron chi connectivity index (χ0n) is 12.5. The van der Waals surface area contributed by atoms with Gasteiger partial charge in [0, 0.05) is 12.1 Å². The van der Waals surface area contributed by atoms with Gasteiger partial charge >= 0.3 is 19.5 Å². The summed E-state index contributed by atoms with van der Waals surface area (Å²) in [6, 6.07) is -0.172. The van der Waals surface area contributed by atoms with Crippen LogP contribution in [-0.2, 0) is 19.5 Å². The van der Waals surface area contributed by atoms with Crippen molar-refractivity contribution in [3.63, 3.8) is 0 Å². The van der Waals surface area contributed by atoms with Crippen molar-refractivity contribution < 1.29 is 74.4 Å². The van der Waals surface area contributed by atoms with Gasteiger partial charge in [0.1, 0.15) is 0 Å². The first-order valence-corrected chi connectivity index (χ1v) is 5.98. The number of carboxylic acids is 2. The van der Waals surface area contributed by atoms with Crippen molar-refractivity contribution in [2.24, 2.45) is 0 Å². The van der Waals surface area contributed by atoms with E-state index in [-0.39, 0.29) is 31.6 Å². The van der Waals surface area contributed by atoms with Crippen LogP contribution in [0.3, 0.4) is 0 Å². The molecule has 0 aliphatic rings. The predicted octanol–water partition coefficient (Wildman–Crippen LogP) is 1.21. The third-order valence-corrected chi connectivity index (χ3v) is 2.63. The molecule has 4 nitrogen and oxygen atoms in total. The molecular formula is C14H2F8O4Zn. The molecular weight excluding hydrogens is 450 g/mol. The Balaban J connectivity index is 0.000000483. The molecule has 0 N–H and O–H groups in total. The van der Waals surface area contributed by atoms with Crippen molar-refractivity contribution in [3.05, 3.63) is 69.8 Å². The quantitative estimate of drug-likeness (QED) is 0.391. The van der Waals surface area contributed by atoms with Crippen LogP contribution in [-0.4, -0.2) is 11.9 Å². The average molecular weight is 452 g/mol. The normalized spacial score (nSPS) is 9.78. The molecule has 0 radical (unpaired) electrons. The van der Waals surface area contributed by atoms with Gasteiger partial charge in [0.25, 0.3) is 0 Å². The molecule has 0 amide bonds. The van der Waals surface area contributed by atoms with Gasteiger partial charge in [-0.25, -0.2) is 35.1 Å². The van der Waals surface area contributed by atoms with Gasteiger partial charge in [0.15, 0.2) is 46.5 Å². The van der Waals surface area contributed by atoms with Crippen molar-refractivity contribution in [2.45, 2.75) is 0 Å². The average Bonchev–Trinajstić information content (AvgIpc) is 2.51. The fraction of sp³-hybridized carbons (Fsp3) is 0. The standard InChI is InChI=1S/2C7H2F4O2.Zn/c2*8-2-1-3(9)6(11)4(5(2)10)7(12)13;/h2*1H,(H,12,13);/q;;+2/p-2. The summed E-state index contributed by atoms with van der Waals surface area (Å²) < 4.78 is 99.2. The molecule has 2 aromatic carbocycles. The van der Waals surface area contributed by atoms with Crippen LogP contribution in [0.15, 0.2) is 12.1 Å². The summed E-state index contributed by atoms with van der Waals surface area (Å²) >= 11 is 0. The van der Waals surface area contributed by atoms with Crippen molar-refractivity contribution >= 4 is 11.9 Å². The van der Waals surface area contributed by atoms with Crippen molar-refractivity contribution in [3.8, 4) is 0 Å². The molecule has 0 saturated carbocycles. The first-order chi connectivity index (χ1) is 11.9. The fourth-order valence-electron chi connectivity index (χ4n) is 1.50. The first kappa shape index (κ1) is 24.4. The number of rotatable bonds is 2. The second-order valence-electron chi connectivity index (χ2n) is 4.26. The summed E-state index contributed by atoms with van der Waals surface area (Å²) in [5, 5.41) is 20.0. The molecule has 140 valence electrons. The smallest absolute Gasteiger partial charge is 0.545 e. The Hall–Kier alpha value is -2.56. The first-order valence-electron chi connectivity index (χ1n) is 5.98. The number of hydrogen-bond donors (Lipinski definition) is 0. The van der Waals surface area contributed by atoms with E-state index in [2.05, 4.69) is 0 Å². The zero-order valence-corrected chi connectivity index (χ0v) is 15.5. The maximum atomic E-state index is 12.5. The van der Waals surface area contributed by atoms with E-state index in [1.165, 1.54) is 0 Å². The van der Waals surface area contributed by atoms with Crippen LogP contribution in [0.25, 0.3) is 0 Å². The largest absolute Gasteiger partial charge is 2.00 e. The van der Waals surface area contributed by atoms with Gasteiger partial charge < -0.3 is 19.8 Å². The zero-order chi connectivity index (χ0) is 20.3. The second-order valence-corrected chi connectivity index (χ2v) is 4.26. The van der Waals surface area contributed by atoms with Gasteiger partial charge in [0.05, 0.1) is 23.1 Å². The fourth-order valence-corrected chi connectivity index (χ4v) is 1.50. The molecule has 0 atom stereocenters. The third-order valence-electron chi connectivity index (χ3n) is 2.63. The Morgan fingerprint density at radius 2 is 0.741 bits per heavy atom. The van der Waals surface area contributed by atoms with Gasteiger partial charge in [-0.2, -0.15) is 0 Å². The Morgan fingerprint density at radius 3 is 0.889 bits per heavy atom. The number of benzene rings is 2. The number of halogens is 8. The number of carbonyl (C=O) groups is 2. The molecule has 0 aliphatic carbocycles. The Labute approximate surface area is 156 Å². The van der Waals surface area contributed by atoms with Crippen LogP contribution in [0.5, 0.6) is 0 Å². The summed E-state index contributed by atoms with van der Waals surface area (Å²) in [7, 11) is 0. The van der Waals surface area contributed by atoms with Crippen LogP contribution in [0.2, 0.25) is 0 Å². The molecule has 0 spiro atoms. The van der Waals surface area contributed by atoms with E-state index in [1.54, 1.807) is 0 Å². The molecule has 0 aromatic heterocycles.